The van der Waals surface area contributed by atoms with E-state index in [2.05, 4.69) is 5.32 Å². The topological polar surface area (TPSA) is 69.7 Å². The first kappa shape index (κ1) is 21.5. The van der Waals surface area contributed by atoms with Gasteiger partial charge in [-0.1, -0.05) is 0 Å². The number of nitrogens with zero attached hydrogens (tertiary/aromatic N) is 2. The summed E-state index contributed by atoms with van der Waals surface area (Å²) in [5, 5.41) is 2.59. The van der Waals surface area contributed by atoms with Crippen LogP contribution in [0.25, 0.3) is 0 Å². The van der Waals surface area contributed by atoms with Crippen molar-refractivity contribution in [2.45, 2.75) is 25.9 Å². The zero-order valence-corrected chi connectivity index (χ0v) is 16.3. The third kappa shape index (κ3) is 5.13. The van der Waals surface area contributed by atoms with Crippen LogP contribution in [-0.2, 0) is 21.0 Å². The summed E-state index contributed by atoms with van der Waals surface area (Å²) in [4.78, 5) is 14.2. The van der Waals surface area contributed by atoms with Crippen molar-refractivity contribution < 1.29 is 26.4 Å². The second-order valence-electron chi connectivity index (χ2n) is 6.69. The van der Waals surface area contributed by atoms with Crippen LogP contribution in [0.2, 0.25) is 0 Å². The van der Waals surface area contributed by atoms with Crippen molar-refractivity contribution in [3.8, 4) is 0 Å². The Morgan fingerprint density at radius 1 is 1.26 bits per heavy atom. The molecule has 6 nitrogen and oxygen atoms in total. The van der Waals surface area contributed by atoms with Gasteiger partial charge in [-0.3, -0.25) is 4.79 Å². The third-order valence-corrected chi connectivity index (χ3v) is 6.53. The summed E-state index contributed by atoms with van der Waals surface area (Å²) >= 11 is 0. The Morgan fingerprint density at radius 2 is 1.85 bits per heavy atom. The van der Waals surface area contributed by atoms with E-state index in [1.54, 1.807) is 25.9 Å². The average molecular weight is 407 g/mol. The van der Waals surface area contributed by atoms with Crippen LogP contribution >= 0.6 is 0 Å². The van der Waals surface area contributed by atoms with Crippen LogP contribution in [-0.4, -0.2) is 51.6 Å². The zero-order chi connectivity index (χ0) is 20.4. The summed E-state index contributed by atoms with van der Waals surface area (Å²) in [6.45, 7) is 2.03. The lowest BCUT2D eigenvalue weighted by Gasteiger charge is -2.30. The maximum Gasteiger partial charge on any atom is 0.416 e. The van der Waals surface area contributed by atoms with Gasteiger partial charge in [0.1, 0.15) is 0 Å². The molecule has 0 radical (unpaired) electrons. The van der Waals surface area contributed by atoms with Gasteiger partial charge < -0.3 is 10.2 Å². The minimum Gasteiger partial charge on any atom is -0.376 e. The standard InChI is InChI=1S/C17H24F3N3O3S/c1-4-27(25,26)23-9-7-12(8-10-23)16(24)21-14-11-13(17(18,19)20)5-6-15(14)22(2)3/h5-6,11-12H,4,7-10H2,1-3H3,(H,21,24). The van der Waals surface area contributed by atoms with E-state index in [1.165, 1.54) is 10.4 Å². The maximum absolute atomic E-state index is 13.0. The van der Waals surface area contributed by atoms with Gasteiger partial charge in [0.2, 0.25) is 15.9 Å². The highest BCUT2D eigenvalue weighted by Gasteiger charge is 2.33. The summed E-state index contributed by atoms with van der Waals surface area (Å²) in [6.07, 6.45) is -3.84. The highest BCUT2D eigenvalue weighted by molar-refractivity contribution is 7.89. The fourth-order valence-corrected chi connectivity index (χ4v) is 4.15. The first-order valence-corrected chi connectivity index (χ1v) is 10.2. The molecule has 27 heavy (non-hydrogen) atoms. The number of amides is 1. The van der Waals surface area contributed by atoms with Crippen molar-refractivity contribution in [3.05, 3.63) is 23.8 Å². The number of carbonyl (C=O) groups excluding carboxylic acids is 1. The lowest BCUT2D eigenvalue weighted by atomic mass is 9.97. The van der Waals surface area contributed by atoms with Gasteiger partial charge in [-0.2, -0.15) is 13.2 Å². The van der Waals surface area contributed by atoms with Crippen molar-refractivity contribution >= 4 is 27.3 Å². The van der Waals surface area contributed by atoms with Gasteiger partial charge >= 0.3 is 6.18 Å². The Bertz CT molecular complexity index is 786. The van der Waals surface area contributed by atoms with Gasteiger partial charge in [0.25, 0.3) is 0 Å². The molecule has 0 spiro atoms. The molecule has 1 N–H and O–H groups in total. The van der Waals surface area contributed by atoms with Crippen LogP contribution in [0.1, 0.15) is 25.3 Å². The number of anilines is 2. The zero-order valence-electron chi connectivity index (χ0n) is 15.5. The molecule has 1 saturated heterocycles. The van der Waals surface area contributed by atoms with Crippen molar-refractivity contribution in [3.63, 3.8) is 0 Å². The fraction of sp³-hybridized carbons (Fsp3) is 0.588. The lowest BCUT2D eigenvalue weighted by molar-refractivity contribution is -0.137. The average Bonchev–Trinajstić information content (AvgIpc) is 2.60. The van der Waals surface area contributed by atoms with Crippen LogP contribution in [0.5, 0.6) is 0 Å². The highest BCUT2D eigenvalue weighted by Crippen LogP contribution is 2.35. The molecule has 0 aliphatic carbocycles. The summed E-state index contributed by atoms with van der Waals surface area (Å²) in [7, 11) is 0.0467. The summed E-state index contributed by atoms with van der Waals surface area (Å²) < 4.78 is 64.1. The van der Waals surface area contributed by atoms with Crippen LogP contribution in [0, 0.1) is 5.92 Å². The van der Waals surface area contributed by atoms with Gasteiger partial charge in [0.05, 0.1) is 22.7 Å². The number of halogens is 3. The fourth-order valence-electron chi connectivity index (χ4n) is 3.02. The number of sulfonamides is 1. The van der Waals surface area contributed by atoms with E-state index in [1.807, 2.05) is 0 Å². The van der Waals surface area contributed by atoms with Crippen molar-refractivity contribution in [2.75, 3.05) is 43.2 Å². The van der Waals surface area contributed by atoms with Gasteiger partial charge in [-0.05, 0) is 38.0 Å². The van der Waals surface area contributed by atoms with Crippen molar-refractivity contribution in [2.24, 2.45) is 5.92 Å². The van der Waals surface area contributed by atoms with Gasteiger partial charge in [0.15, 0.2) is 0 Å². The van der Waals surface area contributed by atoms with E-state index < -0.39 is 33.6 Å². The first-order chi connectivity index (χ1) is 12.5. The van der Waals surface area contributed by atoms with Crippen molar-refractivity contribution in [1.29, 1.82) is 0 Å². The van der Waals surface area contributed by atoms with E-state index >= 15 is 0 Å². The predicted molar refractivity (Wildman–Crippen MR) is 98.2 cm³/mol. The molecule has 0 aromatic heterocycles. The lowest BCUT2D eigenvalue weighted by Crippen LogP contribution is -2.42. The van der Waals surface area contributed by atoms with Crippen LogP contribution in [0.4, 0.5) is 24.5 Å². The Kier molecular flexibility index (Phi) is 6.41. The van der Waals surface area contributed by atoms with Crippen molar-refractivity contribution in [1.82, 2.24) is 4.31 Å². The largest absolute Gasteiger partial charge is 0.416 e. The molecule has 1 aliphatic rings. The summed E-state index contributed by atoms with van der Waals surface area (Å²) in [5.74, 6) is -0.843. The third-order valence-electron chi connectivity index (χ3n) is 4.65. The molecule has 1 heterocycles. The monoisotopic (exact) mass is 407 g/mol. The molecule has 0 saturated carbocycles. The van der Waals surface area contributed by atoms with E-state index in [-0.39, 0.29) is 24.5 Å². The van der Waals surface area contributed by atoms with Crippen LogP contribution in [0.15, 0.2) is 18.2 Å². The Morgan fingerprint density at radius 3 is 2.33 bits per heavy atom. The molecule has 0 atom stereocenters. The molecule has 0 bridgehead atoms. The molecule has 0 unspecified atom stereocenters. The minimum absolute atomic E-state index is 0.000290. The SMILES string of the molecule is CCS(=O)(=O)N1CCC(C(=O)Nc2cc(C(F)(F)F)ccc2N(C)C)CC1. The van der Waals surface area contributed by atoms with Crippen LogP contribution in [0.3, 0.4) is 0 Å². The number of piperidine rings is 1. The number of alkyl halides is 3. The van der Waals surface area contributed by atoms with Gasteiger partial charge in [-0.25, -0.2) is 12.7 Å². The molecule has 152 valence electrons. The predicted octanol–water partition coefficient (Wildman–Crippen LogP) is 2.77. The Hall–Kier alpha value is -1.81. The minimum atomic E-state index is -4.51. The number of nitrogens with one attached hydrogen (secondary N) is 1. The highest BCUT2D eigenvalue weighted by atomic mass is 32.2. The summed E-state index contributed by atoms with van der Waals surface area (Å²) in [5.41, 5.74) is -0.293. The van der Waals surface area contributed by atoms with E-state index in [4.69, 9.17) is 0 Å². The molecular weight excluding hydrogens is 383 g/mol. The molecular formula is C17H24F3N3O3S. The molecule has 10 heteroatoms. The van der Waals surface area contributed by atoms with E-state index in [0.717, 1.165) is 12.1 Å². The Labute approximate surface area is 157 Å². The number of hydrogen-bond donors (Lipinski definition) is 1. The summed E-state index contributed by atoms with van der Waals surface area (Å²) in [6, 6.07) is 3.21. The van der Waals surface area contributed by atoms with Crippen LogP contribution < -0.4 is 10.2 Å². The number of hydrogen-bond acceptors (Lipinski definition) is 4. The Balaban J connectivity index is 2.14. The quantitative estimate of drug-likeness (QED) is 0.815. The van der Waals surface area contributed by atoms with Gasteiger partial charge in [-0.15, -0.1) is 0 Å². The molecule has 2 rings (SSSR count). The molecule has 1 aromatic carbocycles. The molecule has 1 aliphatic heterocycles. The second kappa shape index (κ2) is 8.05. The molecule has 1 aromatic rings. The number of benzene rings is 1. The number of carbonyl (C=O) groups is 1. The second-order valence-corrected chi connectivity index (χ2v) is 8.94. The normalized spacial score (nSPS) is 17.0. The van der Waals surface area contributed by atoms with Gasteiger partial charge in [0, 0.05) is 33.1 Å². The van der Waals surface area contributed by atoms with E-state index in [0.29, 0.717) is 18.5 Å². The smallest absolute Gasteiger partial charge is 0.376 e. The molecule has 1 amide bonds. The molecule has 1 fully saturated rings. The number of rotatable bonds is 5. The maximum atomic E-state index is 13.0. The van der Waals surface area contributed by atoms with E-state index in [9.17, 15) is 26.4 Å². The first-order valence-electron chi connectivity index (χ1n) is 8.63.